The van der Waals surface area contributed by atoms with Crippen LogP contribution in [0.5, 0.6) is 0 Å². The van der Waals surface area contributed by atoms with Gasteiger partial charge in [0.2, 0.25) is 0 Å². The summed E-state index contributed by atoms with van der Waals surface area (Å²) in [5.41, 5.74) is 1.53. The van der Waals surface area contributed by atoms with Crippen LogP contribution < -0.4 is 10.6 Å². The summed E-state index contributed by atoms with van der Waals surface area (Å²) in [6.07, 6.45) is 11.7. The van der Waals surface area contributed by atoms with Crippen molar-refractivity contribution >= 4 is 27.4 Å². The van der Waals surface area contributed by atoms with Crippen molar-refractivity contribution in [1.29, 1.82) is 0 Å². The Morgan fingerprint density at radius 2 is 1.82 bits per heavy atom. The summed E-state index contributed by atoms with van der Waals surface area (Å²) in [5, 5.41) is 8.45. The molecule has 0 radical (unpaired) electrons. The molecule has 2 aromatic rings. The molecule has 2 N–H and O–H groups in total. The summed E-state index contributed by atoms with van der Waals surface area (Å²) in [6, 6.07) is 1.25. The molecule has 0 unspecified atom stereocenters. The average molecular weight is 316 g/mol. The van der Waals surface area contributed by atoms with E-state index < -0.39 is 0 Å². The monoisotopic (exact) mass is 316 g/mol. The van der Waals surface area contributed by atoms with Gasteiger partial charge in [-0.25, -0.2) is 9.97 Å². The minimum atomic E-state index is 0.557. The van der Waals surface area contributed by atoms with Gasteiger partial charge in [-0.1, -0.05) is 0 Å². The van der Waals surface area contributed by atoms with E-state index in [0.717, 1.165) is 5.82 Å². The predicted octanol–water partition coefficient (Wildman–Crippen LogP) is 3.51. The predicted molar refractivity (Wildman–Crippen MR) is 92.8 cm³/mol. The quantitative estimate of drug-likeness (QED) is 0.910. The van der Waals surface area contributed by atoms with Gasteiger partial charge in [0.15, 0.2) is 0 Å². The number of hydrogen-bond acceptors (Lipinski definition) is 5. The second kappa shape index (κ2) is 6.13. The third-order valence-corrected chi connectivity index (χ3v) is 6.43. The van der Waals surface area contributed by atoms with Gasteiger partial charge in [0.1, 0.15) is 17.0 Å². The lowest BCUT2D eigenvalue weighted by Crippen LogP contribution is -2.35. The van der Waals surface area contributed by atoms with Crippen LogP contribution in [0.1, 0.15) is 49.0 Å². The van der Waals surface area contributed by atoms with Crippen LogP contribution in [0.15, 0.2) is 6.33 Å². The maximum absolute atomic E-state index is 4.59. The van der Waals surface area contributed by atoms with Crippen LogP contribution >= 0.6 is 11.3 Å². The van der Waals surface area contributed by atoms with Crippen molar-refractivity contribution in [1.82, 2.24) is 15.3 Å². The average Bonchev–Trinajstić information content (AvgIpc) is 2.95. The summed E-state index contributed by atoms with van der Waals surface area (Å²) in [7, 11) is 2.07. The Hall–Kier alpha value is -1.20. The number of anilines is 1. The largest absolute Gasteiger partial charge is 0.367 e. The number of thiophene rings is 1. The fourth-order valence-corrected chi connectivity index (χ4v) is 5.15. The zero-order chi connectivity index (χ0) is 14.9. The van der Waals surface area contributed by atoms with Crippen LogP contribution in [-0.2, 0) is 12.8 Å². The van der Waals surface area contributed by atoms with E-state index in [2.05, 4.69) is 27.6 Å². The number of fused-ring (bicyclic) bond motifs is 3. The fourth-order valence-electron chi connectivity index (χ4n) is 3.92. The van der Waals surface area contributed by atoms with Crippen LogP contribution in [0, 0.1) is 0 Å². The Bertz CT molecular complexity index is 658. The molecule has 0 atom stereocenters. The summed E-state index contributed by atoms with van der Waals surface area (Å²) in [5.74, 6) is 1.08. The SMILES string of the molecule is CN[C@H]1CC[C@H](Nc2ncnc3sc4c(c23)CCCC4)CC1. The van der Waals surface area contributed by atoms with Crippen molar-refractivity contribution in [3.8, 4) is 0 Å². The number of nitrogens with one attached hydrogen (secondary N) is 2. The van der Waals surface area contributed by atoms with Crippen molar-refractivity contribution in [3.63, 3.8) is 0 Å². The highest BCUT2D eigenvalue weighted by Gasteiger charge is 2.23. The van der Waals surface area contributed by atoms with Gasteiger partial charge >= 0.3 is 0 Å². The lowest BCUT2D eigenvalue weighted by atomic mass is 9.91. The van der Waals surface area contributed by atoms with E-state index in [0.29, 0.717) is 12.1 Å². The van der Waals surface area contributed by atoms with E-state index in [4.69, 9.17) is 0 Å². The van der Waals surface area contributed by atoms with Gasteiger partial charge in [0.05, 0.1) is 5.39 Å². The first kappa shape index (κ1) is 14.4. The second-order valence-electron chi connectivity index (χ2n) is 6.59. The normalized spacial score (nSPS) is 25.1. The van der Waals surface area contributed by atoms with E-state index in [1.165, 1.54) is 67.1 Å². The molecule has 4 rings (SSSR count). The van der Waals surface area contributed by atoms with E-state index >= 15 is 0 Å². The Kier molecular flexibility index (Phi) is 4.01. The molecule has 0 spiro atoms. The Labute approximate surface area is 135 Å². The van der Waals surface area contributed by atoms with Crippen molar-refractivity contribution in [3.05, 3.63) is 16.8 Å². The molecule has 2 aliphatic rings. The van der Waals surface area contributed by atoms with Crippen molar-refractivity contribution in [2.45, 2.75) is 63.5 Å². The molecule has 4 nitrogen and oxygen atoms in total. The fraction of sp³-hybridized carbons (Fsp3) is 0.647. The molecule has 2 heterocycles. The van der Waals surface area contributed by atoms with Crippen LogP contribution in [0.2, 0.25) is 0 Å². The van der Waals surface area contributed by atoms with Crippen LogP contribution in [-0.4, -0.2) is 29.1 Å². The van der Waals surface area contributed by atoms with Crippen molar-refractivity contribution in [2.24, 2.45) is 0 Å². The highest BCUT2D eigenvalue weighted by Crippen LogP contribution is 2.38. The number of aryl methyl sites for hydroxylation is 2. The molecule has 1 saturated carbocycles. The second-order valence-corrected chi connectivity index (χ2v) is 7.68. The lowest BCUT2D eigenvalue weighted by Gasteiger charge is -2.29. The summed E-state index contributed by atoms with van der Waals surface area (Å²) < 4.78 is 0. The van der Waals surface area contributed by atoms with Crippen molar-refractivity contribution in [2.75, 3.05) is 12.4 Å². The number of nitrogens with zero attached hydrogens (tertiary/aromatic N) is 2. The third-order valence-electron chi connectivity index (χ3n) is 5.23. The van der Waals surface area contributed by atoms with Gasteiger partial charge in [-0.3, -0.25) is 0 Å². The first-order valence-corrected chi connectivity index (χ1v) is 9.36. The first-order valence-electron chi connectivity index (χ1n) is 8.54. The van der Waals surface area contributed by atoms with Gasteiger partial charge in [-0.2, -0.15) is 0 Å². The maximum Gasteiger partial charge on any atom is 0.138 e. The van der Waals surface area contributed by atoms with E-state index in [1.807, 2.05) is 11.3 Å². The molecule has 118 valence electrons. The lowest BCUT2D eigenvalue weighted by molar-refractivity contribution is 0.371. The topological polar surface area (TPSA) is 49.8 Å². The van der Waals surface area contributed by atoms with Gasteiger partial charge in [0, 0.05) is 17.0 Å². The molecule has 1 fully saturated rings. The summed E-state index contributed by atoms with van der Waals surface area (Å²) in [4.78, 5) is 11.8. The Morgan fingerprint density at radius 3 is 2.64 bits per heavy atom. The van der Waals surface area contributed by atoms with Gasteiger partial charge < -0.3 is 10.6 Å². The maximum atomic E-state index is 4.59. The molecule has 2 aromatic heterocycles. The smallest absolute Gasteiger partial charge is 0.138 e. The zero-order valence-corrected chi connectivity index (χ0v) is 14.0. The van der Waals surface area contributed by atoms with Crippen LogP contribution in [0.25, 0.3) is 10.2 Å². The number of aromatic nitrogens is 2. The molecule has 2 aliphatic carbocycles. The molecule has 5 heteroatoms. The molecular formula is C17H24N4S. The van der Waals surface area contributed by atoms with E-state index in [-0.39, 0.29) is 0 Å². The van der Waals surface area contributed by atoms with Crippen LogP contribution in [0.3, 0.4) is 0 Å². The van der Waals surface area contributed by atoms with Crippen LogP contribution in [0.4, 0.5) is 5.82 Å². The summed E-state index contributed by atoms with van der Waals surface area (Å²) >= 11 is 1.88. The van der Waals surface area contributed by atoms with E-state index in [1.54, 1.807) is 11.2 Å². The molecule has 0 aromatic carbocycles. The molecule has 0 aliphatic heterocycles. The summed E-state index contributed by atoms with van der Waals surface area (Å²) in [6.45, 7) is 0. The molecule has 0 bridgehead atoms. The number of hydrogen-bond donors (Lipinski definition) is 2. The zero-order valence-electron chi connectivity index (χ0n) is 13.2. The van der Waals surface area contributed by atoms with Crippen molar-refractivity contribution < 1.29 is 0 Å². The molecule has 22 heavy (non-hydrogen) atoms. The molecule has 0 saturated heterocycles. The van der Waals surface area contributed by atoms with Gasteiger partial charge in [-0.05, 0) is 64.0 Å². The molecular weight excluding hydrogens is 292 g/mol. The van der Waals surface area contributed by atoms with Gasteiger partial charge in [0.25, 0.3) is 0 Å². The highest BCUT2D eigenvalue weighted by molar-refractivity contribution is 7.19. The first-order chi connectivity index (χ1) is 10.8. The minimum absolute atomic E-state index is 0.557. The molecule has 0 amide bonds. The Morgan fingerprint density at radius 1 is 1.05 bits per heavy atom. The third kappa shape index (κ3) is 2.61. The standard InChI is InChI=1S/C17H24N4S/c1-18-11-6-8-12(9-7-11)21-16-15-13-4-2-3-5-14(13)22-17(15)20-10-19-16/h10-12,18H,2-9H2,1H3,(H,19,20,21)/t11-,12-. The van der Waals surface area contributed by atoms with E-state index in [9.17, 15) is 0 Å². The highest BCUT2D eigenvalue weighted by atomic mass is 32.1. The minimum Gasteiger partial charge on any atom is -0.367 e. The van der Waals surface area contributed by atoms with Gasteiger partial charge in [-0.15, -0.1) is 11.3 Å². The Balaban J connectivity index is 1.60. The number of rotatable bonds is 3.